The maximum atomic E-state index is 13.4. The lowest BCUT2D eigenvalue weighted by molar-refractivity contribution is 0.0932. The van der Waals surface area contributed by atoms with Crippen LogP contribution in [0.3, 0.4) is 0 Å². The maximum Gasteiger partial charge on any atom is 0.251 e. The van der Waals surface area contributed by atoms with Gasteiger partial charge in [-0.15, -0.1) is 6.58 Å². The molecule has 0 aromatic heterocycles. The smallest absolute Gasteiger partial charge is 0.251 e. The van der Waals surface area contributed by atoms with E-state index in [0.29, 0.717) is 30.2 Å². The van der Waals surface area contributed by atoms with E-state index < -0.39 is 5.82 Å². The Kier molecular flexibility index (Phi) is 6.31. The number of carbonyl (C=O) groups excluding carboxylic acids is 1. The van der Waals surface area contributed by atoms with Crippen LogP contribution < -0.4 is 14.8 Å². The van der Waals surface area contributed by atoms with E-state index in [1.54, 1.807) is 20.3 Å². The van der Waals surface area contributed by atoms with E-state index >= 15 is 0 Å². The third-order valence-corrected chi connectivity index (χ3v) is 5.02. The summed E-state index contributed by atoms with van der Waals surface area (Å²) in [6.45, 7) is 5.78. The van der Waals surface area contributed by atoms with Gasteiger partial charge < -0.3 is 14.8 Å². The molecule has 28 heavy (non-hydrogen) atoms. The number of fused-ring (bicyclic) bond motifs is 1. The van der Waals surface area contributed by atoms with Crippen molar-refractivity contribution < 1.29 is 18.7 Å². The summed E-state index contributed by atoms with van der Waals surface area (Å²) in [5.41, 5.74) is 2.56. The molecule has 1 N–H and O–H groups in total. The first-order chi connectivity index (χ1) is 13.6. The second-order valence-corrected chi connectivity index (χ2v) is 6.68. The fourth-order valence-corrected chi connectivity index (χ4v) is 3.62. The molecule has 1 heterocycles. The van der Waals surface area contributed by atoms with Crippen LogP contribution in [0.15, 0.2) is 49.1 Å². The molecule has 3 rings (SSSR count). The number of hydrogen-bond acceptors (Lipinski definition) is 4. The number of methoxy groups -OCH3 is 2. The van der Waals surface area contributed by atoms with Gasteiger partial charge in [0.2, 0.25) is 0 Å². The van der Waals surface area contributed by atoms with Gasteiger partial charge in [0.15, 0.2) is 11.5 Å². The molecule has 0 fully saturated rings. The van der Waals surface area contributed by atoms with Crippen LogP contribution in [0.5, 0.6) is 11.5 Å². The van der Waals surface area contributed by atoms with E-state index in [1.165, 1.54) is 23.8 Å². The third kappa shape index (κ3) is 4.17. The van der Waals surface area contributed by atoms with E-state index in [4.69, 9.17) is 9.47 Å². The molecule has 148 valence electrons. The summed E-state index contributed by atoms with van der Waals surface area (Å²) in [6, 6.07) is 9.62. The molecule has 5 nitrogen and oxygen atoms in total. The van der Waals surface area contributed by atoms with Gasteiger partial charge in [-0.3, -0.25) is 9.69 Å². The van der Waals surface area contributed by atoms with Gasteiger partial charge in [-0.25, -0.2) is 4.39 Å². The van der Waals surface area contributed by atoms with Crippen molar-refractivity contribution in [3.8, 4) is 11.5 Å². The summed E-state index contributed by atoms with van der Waals surface area (Å²) < 4.78 is 24.3. The molecule has 0 spiro atoms. The molecule has 0 bridgehead atoms. The summed E-state index contributed by atoms with van der Waals surface area (Å²) >= 11 is 0. The summed E-state index contributed by atoms with van der Waals surface area (Å²) in [4.78, 5) is 14.7. The lowest BCUT2D eigenvalue weighted by Crippen LogP contribution is -2.42. The quantitative estimate of drug-likeness (QED) is 0.744. The Morgan fingerprint density at radius 3 is 2.71 bits per heavy atom. The van der Waals surface area contributed by atoms with E-state index in [2.05, 4.69) is 16.8 Å². The monoisotopic (exact) mass is 384 g/mol. The molecule has 1 aliphatic rings. The van der Waals surface area contributed by atoms with Crippen molar-refractivity contribution in [2.24, 2.45) is 0 Å². The topological polar surface area (TPSA) is 50.8 Å². The van der Waals surface area contributed by atoms with Gasteiger partial charge >= 0.3 is 0 Å². The normalized spacial score (nSPS) is 16.2. The van der Waals surface area contributed by atoms with Crippen LogP contribution in [0.1, 0.15) is 27.5 Å². The van der Waals surface area contributed by atoms with Gasteiger partial charge in [0.05, 0.1) is 20.3 Å². The average Bonchev–Trinajstić information content (AvgIpc) is 2.71. The molecule has 0 radical (unpaired) electrons. The molecule has 0 saturated carbocycles. The van der Waals surface area contributed by atoms with Crippen LogP contribution in [-0.4, -0.2) is 44.7 Å². The van der Waals surface area contributed by atoms with E-state index in [1.807, 2.05) is 18.2 Å². The number of nitrogens with zero attached hydrogens (tertiary/aromatic N) is 1. The predicted molar refractivity (Wildman–Crippen MR) is 106 cm³/mol. The molecule has 2 aromatic carbocycles. The van der Waals surface area contributed by atoms with Crippen molar-refractivity contribution in [2.75, 3.05) is 33.9 Å². The highest BCUT2D eigenvalue weighted by Crippen LogP contribution is 2.37. The van der Waals surface area contributed by atoms with Crippen LogP contribution in [0.4, 0.5) is 4.39 Å². The van der Waals surface area contributed by atoms with Crippen molar-refractivity contribution in [1.29, 1.82) is 0 Å². The Labute approximate surface area is 164 Å². The van der Waals surface area contributed by atoms with Crippen molar-refractivity contribution in [3.05, 3.63) is 71.6 Å². The number of carbonyl (C=O) groups is 1. The number of benzene rings is 2. The first kappa shape index (κ1) is 19.9. The Hall–Kier alpha value is -2.86. The minimum absolute atomic E-state index is 0.0425. The zero-order valence-electron chi connectivity index (χ0n) is 16.2. The van der Waals surface area contributed by atoms with Crippen molar-refractivity contribution in [2.45, 2.75) is 12.5 Å². The number of halogens is 1. The Balaban J connectivity index is 1.86. The average molecular weight is 384 g/mol. The molecule has 0 aliphatic carbocycles. The Morgan fingerprint density at radius 1 is 1.29 bits per heavy atom. The summed E-state index contributed by atoms with van der Waals surface area (Å²) in [6.07, 6.45) is 2.73. The Morgan fingerprint density at radius 2 is 2.04 bits per heavy atom. The number of nitrogens with one attached hydrogen (secondary N) is 1. The minimum atomic E-state index is -0.430. The van der Waals surface area contributed by atoms with E-state index in [0.717, 1.165) is 18.5 Å². The molecule has 0 unspecified atom stereocenters. The summed E-state index contributed by atoms with van der Waals surface area (Å²) in [5.74, 6) is 0.621. The lowest BCUT2D eigenvalue weighted by atomic mass is 9.91. The van der Waals surface area contributed by atoms with Crippen molar-refractivity contribution in [1.82, 2.24) is 10.2 Å². The maximum absolute atomic E-state index is 13.4. The number of hydrogen-bond donors (Lipinski definition) is 1. The second kappa shape index (κ2) is 8.89. The van der Waals surface area contributed by atoms with E-state index in [-0.39, 0.29) is 11.9 Å². The van der Waals surface area contributed by atoms with Crippen LogP contribution in [0.25, 0.3) is 0 Å². The summed E-state index contributed by atoms with van der Waals surface area (Å²) in [5, 5.41) is 2.94. The molecule has 0 saturated heterocycles. The third-order valence-electron chi connectivity index (χ3n) is 5.02. The molecular weight excluding hydrogens is 359 g/mol. The van der Waals surface area contributed by atoms with Crippen LogP contribution in [-0.2, 0) is 6.42 Å². The Bertz CT molecular complexity index is 869. The molecule has 6 heteroatoms. The number of rotatable bonds is 7. The zero-order chi connectivity index (χ0) is 20.1. The van der Waals surface area contributed by atoms with Crippen molar-refractivity contribution >= 4 is 5.91 Å². The SMILES string of the molecule is C=CCN1CCc2cc(OC)c(OC)cc2[C@H]1CNC(=O)c1cccc(F)c1. The first-order valence-electron chi connectivity index (χ1n) is 9.21. The van der Waals surface area contributed by atoms with Gasteiger partial charge in [-0.1, -0.05) is 12.1 Å². The highest BCUT2D eigenvalue weighted by molar-refractivity contribution is 5.94. The molecule has 1 amide bonds. The second-order valence-electron chi connectivity index (χ2n) is 6.68. The standard InChI is InChI=1S/C22H25FN2O3/c1-4-9-25-10-8-15-12-20(27-2)21(28-3)13-18(15)19(25)14-24-22(26)16-6-5-7-17(23)11-16/h4-7,11-13,19H,1,8-10,14H2,2-3H3,(H,24,26)/t19-/m1/s1. The number of amides is 1. The highest BCUT2D eigenvalue weighted by Gasteiger charge is 2.29. The molecular formula is C22H25FN2O3. The molecule has 2 aromatic rings. The fraction of sp³-hybridized carbons (Fsp3) is 0.318. The van der Waals surface area contributed by atoms with Gasteiger partial charge in [-0.2, -0.15) is 0 Å². The predicted octanol–water partition coefficient (Wildman–Crippen LogP) is 3.36. The first-order valence-corrected chi connectivity index (χ1v) is 9.21. The largest absolute Gasteiger partial charge is 0.493 e. The lowest BCUT2D eigenvalue weighted by Gasteiger charge is -2.37. The van der Waals surface area contributed by atoms with Gasteiger partial charge in [-0.05, 0) is 47.9 Å². The van der Waals surface area contributed by atoms with Gasteiger partial charge in [0, 0.05) is 25.2 Å². The van der Waals surface area contributed by atoms with E-state index in [9.17, 15) is 9.18 Å². The van der Waals surface area contributed by atoms with Crippen LogP contribution in [0.2, 0.25) is 0 Å². The zero-order valence-corrected chi connectivity index (χ0v) is 16.2. The highest BCUT2D eigenvalue weighted by atomic mass is 19.1. The molecule has 1 aliphatic heterocycles. The van der Waals surface area contributed by atoms with Crippen molar-refractivity contribution in [3.63, 3.8) is 0 Å². The minimum Gasteiger partial charge on any atom is -0.493 e. The van der Waals surface area contributed by atoms with Gasteiger partial charge in [0.1, 0.15) is 5.82 Å². The van der Waals surface area contributed by atoms with Crippen LogP contribution in [0, 0.1) is 5.82 Å². The fourth-order valence-electron chi connectivity index (χ4n) is 3.62. The molecule has 1 atom stereocenters. The summed E-state index contributed by atoms with van der Waals surface area (Å²) in [7, 11) is 3.23. The number of ether oxygens (including phenoxy) is 2. The van der Waals surface area contributed by atoms with Gasteiger partial charge in [0.25, 0.3) is 5.91 Å². The van der Waals surface area contributed by atoms with Crippen LogP contribution >= 0.6 is 0 Å².